The van der Waals surface area contributed by atoms with Gasteiger partial charge in [-0.15, -0.1) is 24.0 Å². The predicted molar refractivity (Wildman–Crippen MR) is 116 cm³/mol. The van der Waals surface area contributed by atoms with Crippen LogP contribution in [-0.2, 0) is 11.3 Å². The molecule has 0 aliphatic carbocycles. The Balaban J connectivity index is 0.00000338. The number of piperidine rings is 1. The molecule has 2 N–H and O–H groups in total. The van der Waals surface area contributed by atoms with Gasteiger partial charge in [0.2, 0.25) is 0 Å². The van der Waals surface area contributed by atoms with Crippen LogP contribution >= 0.6 is 24.0 Å². The monoisotopic (exact) mass is 474 g/mol. The molecule has 26 heavy (non-hydrogen) atoms. The third-order valence-corrected chi connectivity index (χ3v) is 4.31. The van der Waals surface area contributed by atoms with E-state index in [9.17, 15) is 4.79 Å². The van der Waals surface area contributed by atoms with Gasteiger partial charge in [0.1, 0.15) is 0 Å². The van der Waals surface area contributed by atoms with Crippen molar-refractivity contribution in [2.45, 2.75) is 39.3 Å². The summed E-state index contributed by atoms with van der Waals surface area (Å²) in [5.74, 6) is 0.860. The molecule has 146 valence electrons. The Hall–Kier alpha value is -1.35. The Morgan fingerprint density at radius 2 is 2.04 bits per heavy atom. The highest BCUT2D eigenvalue weighted by atomic mass is 127. The van der Waals surface area contributed by atoms with Gasteiger partial charge in [-0.3, -0.25) is 4.79 Å². The molecule has 0 aromatic heterocycles. The standard InChI is InChI=1S/C19H30N4O2.HI/c1-4-21-19(23-11-9-17(10-12-23)25-5-2)22-14-15-7-6-8-16(13-15)18(24)20-3;/h6-8,13,17H,4-5,9-12,14H2,1-3H3,(H,20,24)(H,21,22);1H. The molecule has 0 spiro atoms. The maximum absolute atomic E-state index is 11.8. The molecule has 1 aromatic carbocycles. The molecule has 0 saturated carbocycles. The molecule has 1 aliphatic heterocycles. The van der Waals surface area contributed by atoms with Gasteiger partial charge in [-0.05, 0) is 44.4 Å². The Morgan fingerprint density at radius 1 is 1.31 bits per heavy atom. The molecule has 1 saturated heterocycles. The van der Waals surface area contributed by atoms with Gasteiger partial charge in [-0.1, -0.05) is 12.1 Å². The first kappa shape index (κ1) is 22.7. The highest BCUT2D eigenvalue weighted by Crippen LogP contribution is 2.14. The minimum Gasteiger partial charge on any atom is -0.378 e. The fourth-order valence-electron chi connectivity index (χ4n) is 3.02. The Kier molecular flexibility index (Phi) is 10.6. The highest BCUT2D eigenvalue weighted by Gasteiger charge is 2.21. The smallest absolute Gasteiger partial charge is 0.251 e. The van der Waals surface area contributed by atoms with Crippen LogP contribution in [0.5, 0.6) is 0 Å². The van der Waals surface area contributed by atoms with Gasteiger partial charge in [0, 0.05) is 38.9 Å². The average Bonchev–Trinajstić information content (AvgIpc) is 2.65. The zero-order valence-corrected chi connectivity index (χ0v) is 18.3. The highest BCUT2D eigenvalue weighted by molar-refractivity contribution is 14.0. The van der Waals surface area contributed by atoms with Crippen LogP contribution in [0.2, 0.25) is 0 Å². The van der Waals surface area contributed by atoms with Gasteiger partial charge in [0.15, 0.2) is 5.96 Å². The SMILES string of the molecule is CCNC(=NCc1cccc(C(=O)NC)c1)N1CCC(OCC)CC1.I. The number of amides is 1. The molecule has 0 unspecified atom stereocenters. The van der Waals surface area contributed by atoms with Gasteiger partial charge in [0.25, 0.3) is 5.91 Å². The summed E-state index contributed by atoms with van der Waals surface area (Å²) >= 11 is 0. The van der Waals surface area contributed by atoms with Crippen molar-refractivity contribution in [1.82, 2.24) is 15.5 Å². The fourth-order valence-corrected chi connectivity index (χ4v) is 3.02. The number of aliphatic imine (C=N–C) groups is 1. The van der Waals surface area contributed by atoms with Crippen LogP contribution in [0.4, 0.5) is 0 Å². The minimum absolute atomic E-state index is 0. The quantitative estimate of drug-likeness (QED) is 0.378. The number of likely N-dealkylation sites (tertiary alicyclic amines) is 1. The van der Waals surface area contributed by atoms with E-state index in [1.807, 2.05) is 31.2 Å². The van der Waals surface area contributed by atoms with Crippen LogP contribution in [0.3, 0.4) is 0 Å². The maximum atomic E-state index is 11.8. The zero-order valence-electron chi connectivity index (χ0n) is 16.0. The lowest BCUT2D eigenvalue weighted by Crippen LogP contribution is -2.47. The van der Waals surface area contributed by atoms with E-state index in [0.717, 1.165) is 50.6 Å². The Morgan fingerprint density at radius 3 is 2.65 bits per heavy atom. The third-order valence-electron chi connectivity index (χ3n) is 4.31. The summed E-state index contributed by atoms with van der Waals surface area (Å²) in [4.78, 5) is 18.8. The van der Waals surface area contributed by atoms with Crippen molar-refractivity contribution in [3.05, 3.63) is 35.4 Å². The lowest BCUT2D eigenvalue weighted by molar-refractivity contribution is 0.0263. The molecule has 1 aromatic rings. The molecule has 1 fully saturated rings. The van der Waals surface area contributed by atoms with Gasteiger partial charge in [-0.25, -0.2) is 4.99 Å². The van der Waals surface area contributed by atoms with Crippen LogP contribution in [0.25, 0.3) is 0 Å². The van der Waals surface area contributed by atoms with E-state index in [0.29, 0.717) is 18.2 Å². The van der Waals surface area contributed by atoms with Crippen LogP contribution in [0.1, 0.15) is 42.6 Å². The van der Waals surface area contributed by atoms with Crippen molar-refractivity contribution in [3.63, 3.8) is 0 Å². The molecule has 1 heterocycles. The van der Waals surface area contributed by atoms with Crippen LogP contribution < -0.4 is 10.6 Å². The van der Waals surface area contributed by atoms with Gasteiger partial charge >= 0.3 is 0 Å². The maximum Gasteiger partial charge on any atom is 0.251 e. The summed E-state index contributed by atoms with van der Waals surface area (Å²) in [6.45, 7) is 8.20. The number of hydrogen-bond donors (Lipinski definition) is 2. The number of hydrogen-bond acceptors (Lipinski definition) is 3. The summed E-state index contributed by atoms with van der Waals surface area (Å²) in [5, 5.41) is 6.03. The van der Waals surface area contributed by atoms with E-state index >= 15 is 0 Å². The fraction of sp³-hybridized carbons (Fsp3) is 0.579. The number of rotatable bonds is 6. The Bertz CT molecular complexity index is 587. The lowest BCUT2D eigenvalue weighted by Gasteiger charge is -2.34. The third kappa shape index (κ3) is 6.75. The van der Waals surface area contributed by atoms with Gasteiger partial charge < -0.3 is 20.3 Å². The molecule has 0 atom stereocenters. The van der Waals surface area contributed by atoms with Crippen molar-refractivity contribution in [2.24, 2.45) is 4.99 Å². The molecular formula is C19H31IN4O2. The molecule has 1 aliphatic rings. The first-order valence-corrected chi connectivity index (χ1v) is 9.13. The van der Waals surface area contributed by atoms with Crippen molar-refractivity contribution in [3.8, 4) is 0 Å². The van der Waals surface area contributed by atoms with Crippen molar-refractivity contribution >= 4 is 35.8 Å². The van der Waals surface area contributed by atoms with Crippen LogP contribution in [-0.4, -0.2) is 56.2 Å². The van der Waals surface area contributed by atoms with E-state index in [1.165, 1.54) is 0 Å². The minimum atomic E-state index is -0.0734. The second-order valence-corrected chi connectivity index (χ2v) is 6.09. The topological polar surface area (TPSA) is 66.0 Å². The van der Waals surface area contributed by atoms with E-state index in [1.54, 1.807) is 7.05 Å². The second-order valence-electron chi connectivity index (χ2n) is 6.09. The normalized spacial score (nSPS) is 15.3. The van der Waals surface area contributed by atoms with Crippen molar-refractivity contribution in [1.29, 1.82) is 0 Å². The molecule has 7 heteroatoms. The first-order chi connectivity index (χ1) is 12.2. The summed E-state index contributed by atoms with van der Waals surface area (Å²) in [5.41, 5.74) is 1.69. The van der Waals surface area contributed by atoms with E-state index in [-0.39, 0.29) is 29.9 Å². The lowest BCUT2D eigenvalue weighted by atomic mass is 10.1. The summed E-state index contributed by atoms with van der Waals surface area (Å²) < 4.78 is 5.72. The number of carbonyl (C=O) groups excluding carboxylic acids is 1. The molecular weight excluding hydrogens is 443 g/mol. The van der Waals surface area contributed by atoms with Crippen molar-refractivity contribution in [2.75, 3.05) is 33.3 Å². The number of benzene rings is 1. The van der Waals surface area contributed by atoms with Crippen LogP contribution in [0, 0.1) is 0 Å². The number of carbonyl (C=O) groups is 1. The van der Waals surface area contributed by atoms with Gasteiger partial charge in [-0.2, -0.15) is 0 Å². The number of halogens is 1. The summed E-state index contributed by atoms with van der Waals surface area (Å²) in [7, 11) is 1.64. The molecule has 0 radical (unpaired) electrons. The molecule has 2 rings (SSSR count). The number of ether oxygens (including phenoxy) is 1. The molecule has 1 amide bonds. The predicted octanol–water partition coefficient (Wildman–Crippen LogP) is 2.63. The number of guanidine groups is 1. The Labute approximate surface area is 173 Å². The zero-order chi connectivity index (χ0) is 18.1. The molecule has 0 bridgehead atoms. The van der Waals surface area contributed by atoms with Crippen molar-refractivity contribution < 1.29 is 9.53 Å². The number of nitrogens with one attached hydrogen (secondary N) is 2. The van der Waals surface area contributed by atoms with E-state index < -0.39 is 0 Å². The van der Waals surface area contributed by atoms with E-state index in [2.05, 4.69) is 22.5 Å². The second kappa shape index (κ2) is 12.1. The number of nitrogens with zero attached hydrogens (tertiary/aromatic N) is 2. The summed E-state index contributed by atoms with van der Waals surface area (Å²) in [6, 6.07) is 7.61. The average molecular weight is 474 g/mol. The van der Waals surface area contributed by atoms with Crippen LogP contribution in [0.15, 0.2) is 29.3 Å². The van der Waals surface area contributed by atoms with E-state index in [4.69, 9.17) is 9.73 Å². The summed E-state index contributed by atoms with van der Waals surface area (Å²) in [6.07, 6.45) is 2.43. The first-order valence-electron chi connectivity index (χ1n) is 9.13. The molecule has 6 nitrogen and oxygen atoms in total. The van der Waals surface area contributed by atoms with Gasteiger partial charge in [0.05, 0.1) is 12.6 Å². The largest absolute Gasteiger partial charge is 0.378 e.